The van der Waals surface area contributed by atoms with Gasteiger partial charge in [0, 0.05) is 18.2 Å². The van der Waals surface area contributed by atoms with Crippen LogP contribution in [-0.2, 0) is 12.4 Å². The first-order valence-electron chi connectivity index (χ1n) is 4.92. The molecule has 0 bridgehead atoms. The van der Waals surface area contributed by atoms with Gasteiger partial charge < -0.3 is 11.5 Å². The molecule has 0 aliphatic rings. The normalized spacial score (nSPS) is 14.6. The maximum atomic E-state index is 13.5. The molecule has 0 spiro atoms. The quantitative estimate of drug-likeness (QED) is 0.823. The zero-order chi connectivity index (χ0) is 15.0. The van der Waals surface area contributed by atoms with Gasteiger partial charge in [0.25, 0.3) is 0 Å². The number of nitrogens with two attached hydrogens (primary N) is 2. The van der Waals surface area contributed by atoms with E-state index in [4.69, 9.17) is 11.5 Å². The van der Waals surface area contributed by atoms with Crippen molar-refractivity contribution in [3.8, 4) is 0 Å². The fraction of sp³-hybridized carbons (Fsp3) is 0.400. The molecule has 108 valence electrons. The summed E-state index contributed by atoms with van der Waals surface area (Å²) in [6.45, 7) is -0.536. The second-order valence-electron chi connectivity index (χ2n) is 3.76. The van der Waals surface area contributed by atoms with Crippen molar-refractivity contribution < 1.29 is 30.7 Å². The van der Waals surface area contributed by atoms with Crippen molar-refractivity contribution in [2.75, 3.05) is 6.54 Å². The van der Waals surface area contributed by atoms with Gasteiger partial charge in [0.1, 0.15) is 5.82 Å². The van der Waals surface area contributed by atoms with Crippen molar-refractivity contribution in [1.29, 1.82) is 0 Å². The van der Waals surface area contributed by atoms with Gasteiger partial charge in [0.2, 0.25) is 0 Å². The molecule has 1 aromatic rings. The van der Waals surface area contributed by atoms with Crippen LogP contribution in [0.1, 0.15) is 22.7 Å². The Hall–Kier alpha value is -1.35. The van der Waals surface area contributed by atoms with Crippen molar-refractivity contribution in [1.82, 2.24) is 0 Å². The maximum absolute atomic E-state index is 13.5. The lowest BCUT2D eigenvalue weighted by molar-refractivity contribution is -0.144. The second kappa shape index (κ2) is 4.97. The van der Waals surface area contributed by atoms with E-state index in [1.165, 1.54) is 0 Å². The van der Waals surface area contributed by atoms with Crippen LogP contribution in [-0.4, -0.2) is 6.54 Å². The molecule has 19 heavy (non-hydrogen) atoms. The summed E-state index contributed by atoms with van der Waals surface area (Å²) in [5.41, 5.74) is 5.67. The molecule has 0 saturated heterocycles. The van der Waals surface area contributed by atoms with Gasteiger partial charge in [-0.15, -0.1) is 0 Å². The first-order valence-corrected chi connectivity index (χ1v) is 4.92. The number of hydrogen-bond acceptors (Lipinski definition) is 2. The molecular formula is C10H9F7N2. The van der Waals surface area contributed by atoms with Crippen LogP contribution in [0.4, 0.5) is 30.7 Å². The number of benzene rings is 1. The second-order valence-corrected chi connectivity index (χ2v) is 3.76. The van der Waals surface area contributed by atoms with Crippen LogP contribution < -0.4 is 11.5 Å². The highest BCUT2D eigenvalue weighted by Crippen LogP contribution is 2.39. The summed E-state index contributed by atoms with van der Waals surface area (Å²) in [4.78, 5) is 0. The van der Waals surface area contributed by atoms with Crippen LogP contribution in [0.25, 0.3) is 0 Å². The Balaban J connectivity index is 3.58. The predicted octanol–water partition coefficient (Wildman–Crippen LogP) is 2.82. The molecule has 1 atom stereocenters. The van der Waals surface area contributed by atoms with E-state index in [-0.39, 0.29) is 12.1 Å². The third kappa shape index (κ3) is 3.35. The van der Waals surface area contributed by atoms with Crippen molar-refractivity contribution in [2.45, 2.75) is 18.4 Å². The Labute approximate surface area is 103 Å². The highest BCUT2D eigenvalue weighted by Gasteiger charge is 2.40. The Morgan fingerprint density at radius 2 is 1.53 bits per heavy atom. The van der Waals surface area contributed by atoms with Gasteiger partial charge in [-0.1, -0.05) is 0 Å². The topological polar surface area (TPSA) is 52.0 Å². The largest absolute Gasteiger partial charge is 0.416 e. The molecule has 0 aliphatic heterocycles. The summed E-state index contributed by atoms with van der Waals surface area (Å²) >= 11 is 0. The Kier molecular flexibility index (Phi) is 4.11. The van der Waals surface area contributed by atoms with Crippen LogP contribution in [0.5, 0.6) is 0 Å². The molecule has 0 aromatic heterocycles. The summed E-state index contributed by atoms with van der Waals surface area (Å²) in [5, 5.41) is 0. The molecule has 0 saturated carbocycles. The minimum atomic E-state index is -5.16. The lowest BCUT2D eigenvalue weighted by atomic mass is 9.97. The van der Waals surface area contributed by atoms with E-state index < -0.39 is 47.4 Å². The number of halogens is 7. The molecule has 9 heteroatoms. The molecule has 1 rings (SSSR count). The maximum Gasteiger partial charge on any atom is 0.416 e. The minimum Gasteiger partial charge on any atom is -0.329 e. The monoisotopic (exact) mass is 290 g/mol. The van der Waals surface area contributed by atoms with E-state index in [2.05, 4.69) is 0 Å². The standard InChI is InChI=1S/C10H9F7N2/c11-6-2-4(9(12,13)14)1-5(10(15,16)17)8(6)7(19)3-18/h1-2,7H,3,18-19H2/t7-/m1/s1. The molecule has 4 N–H and O–H groups in total. The van der Waals surface area contributed by atoms with Crippen LogP contribution in [0.15, 0.2) is 12.1 Å². The highest BCUT2D eigenvalue weighted by atomic mass is 19.4. The van der Waals surface area contributed by atoms with Gasteiger partial charge in [-0.3, -0.25) is 0 Å². The molecule has 1 aromatic carbocycles. The van der Waals surface area contributed by atoms with E-state index >= 15 is 0 Å². The minimum absolute atomic E-state index is 0.0277. The third-order valence-corrected chi connectivity index (χ3v) is 2.39. The van der Waals surface area contributed by atoms with Crippen LogP contribution in [0.2, 0.25) is 0 Å². The molecular weight excluding hydrogens is 281 g/mol. The highest BCUT2D eigenvalue weighted by molar-refractivity contribution is 5.38. The number of rotatable bonds is 2. The lowest BCUT2D eigenvalue weighted by Crippen LogP contribution is -2.26. The molecule has 0 aliphatic carbocycles. The van der Waals surface area contributed by atoms with Crippen LogP contribution >= 0.6 is 0 Å². The molecule has 0 fully saturated rings. The number of alkyl halides is 6. The fourth-order valence-electron chi connectivity index (χ4n) is 1.51. The zero-order valence-corrected chi connectivity index (χ0v) is 9.24. The van der Waals surface area contributed by atoms with Crippen molar-refractivity contribution in [2.24, 2.45) is 11.5 Å². The van der Waals surface area contributed by atoms with E-state index in [1.54, 1.807) is 0 Å². The van der Waals surface area contributed by atoms with Crippen LogP contribution in [0.3, 0.4) is 0 Å². The molecule has 2 nitrogen and oxygen atoms in total. The fourth-order valence-corrected chi connectivity index (χ4v) is 1.51. The smallest absolute Gasteiger partial charge is 0.329 e. The third-order valence-electron chi connectivity index (χ3n) is 2.39. The number of hydrogen-bond donors (Lipinski definition) is 2. The molecule has 0 amide bonds. The average Bonchev–Trinajstić information content (AvgIpc) is 2.24. The van der Waals surface area contributed by atoms with Gasteiger partial charge in [0.05, 0.1) is 11.1 Å². The van der Waals surface area contributed by atoms with Gasteiger partial charge in [-0.2, -0.15) is 26.3 Å². The van der Waals surface area contributed by atoms with Gasteiger partial charge in [0.15, 0.2) is 0 Å². The van der Waals surface area contributed by atoms with Crippen molar-refractivity contribution in [3.05, 3.63) is 34.6 Å². The summed E-state index contributed by atoms with van der Waals surface area (Å²) in [5.74, 6) is -1.68. The van der Waals surface area contributed by atoms with E-state index in [0.29, 0.717) is 0 Å². The lowest BCUT2D eigenvalue weighted by Gasteiger charge is -2.20. The van der Waals surface area contributed by atoms with Crippen LogP contribution in [0, 0.1) is 5.82 Å². The Bertz CT molecular complexity index is 464. The summed E-state index contributed by atoms with van der Waals surface area (Å²) in [6.07, 6.45) is -10.3. The first-order chi connectivity index (χ1) is 8.48. The summed E-state index contributed by atoms with van der Waals surface area (Å²) in [7, 11) is 0. The predicted molar refractivity (Wildman–Crippen MR) is 52.4 cm³/mol. The van der Waals surface area contributed by atoms with E-state index in [9.17, 15) is 30.7 Å². The molecule has 0 radical (unpaired) electrons. The SMILES string of the molecule is NC[C@@H](N)c1c(F)cc(C(F)(F)F)cc1C(F)(F)F. The van der Waals surface area contributed by atoms with Crippen molar-refractivity contribution >= 4 is 0 Å². The summed E-state index contributed by atoms with van der Waals surface area (Å²) in [6, 6.07) is -1.74. The summed E-state index contributed by atoms with van der Waals surface area (Å²) < 4.78 is 88.5. The molecule has 0 heterocycles. The van der Waals surface area contributed by atoms with Gasteiger partial charge in [-0.05, 0) is 12.1 Å². The van der Waals surface area contributed by atoms with E-state index in [0.717, 1.165) is 0 Å². The van der Waals surface area contributed by atoms with Gasteiger partial charge in [-0.25, -0.2) is 4.39 Å². The average molecular weight is 290 g/mol. The molecule has 0 unspecified atom stereocenters. The zero-order valence-electron chi connectivity index (χ0n) is 9.24. The Morgan fingerprint density at radius 3 is 1.89 bits per heavy atom. The van der Waals surface area contributed by atoms with Crippen molar-refractivity contribution in [3.63, 3.8) is 0 Å². The van der Waals surface area contributed by atoms with E-state index in [1.807, 2.05) is 0 Å². The first kappa shape index (κ1) is 15.7. The Morgan fingerprint density at radius 1 is 1.00 bits per heavy atom. The van der Waals surface area contributed by atoms with Gasteiger partial charge >= 0.3 is 12.4 Å².